The van der Waals surface area contributed by atoms with E-state index in [9.17, 15) is 14.4 Å². The molecule has 9 heteroatoms. The van der Waals surface area contributed by atoms with Gasteiger partial charge in [0.15, 0.2) is 0 Å². The minimum atomic E-state index is -0.632. The standard InChI is InChI=1S/C31H33N5O4/c37-29-11-10-27(30(38)34-29)36-19-23-15-24(8-9-25(23)31(36)39)40-28-20-35(18-22-7-4-13-32-16-22)14-12-26(28)33-17-21-5-2-1-3-6-21/h1-9,13,15-16,26-28,33H,10-12,14,17-20H2,(H,34,37,38)/t26-,27?,28-/m0/s1. The number of carbonyl (C=O) groups excluding carboxylic acids is 3. The number of nitrogens with one attached hydrogen (secondary N) is 2. The van der Waals surface area contributed by atoms with Crippen LogP contribution >= 0.6 is 0 Å². The Kier molecular flexibility index (Phi) is 7.57. The highest BCUT2D eigenvalue weighted by molar-refractivity contribution is 6.05. The maximum atomic E-state index is 13.1. The molecule has 0 spiro atoms. The van der Waals surface area contributed by atoms with E-state index in [-0.39, 0.29) is 30.4 Å². The summed E-state index contributed by atoms with van der Waals surface area (Å²) in [4.78, 5) is 45.3. The second-order valence-corrected chi connectivity index (χ2v) is 10.7. The van der Waals surface area contributed by atoms with Crippen LogP contribution in [0.15, 0.2) is 73.1 Å². The summed E-state index contributed by atoms with van der Waals surface area (Å²) < 4.78 is 6.63. The monoisotopic (exact) mass is 539 g/mol. The Labute approximate surface area is 233 Å². The van der Waals surface area contributed by atoms with Crippen LogP contribution in [0.1, 0.15) is 46.3 Å². The predicted octanol–water partition coefficient (Wildman–Crippen LogP) is 2.65. The molecule has 0 radical (unpaired) electrons. The largest absolute Gasteiger partial charge is 0.487 e. The fraction of sp³-hybridized carbons (Fsp3) is 0.355. The minimum Gasteiger partial charge on any atom is -0.487 e. The molecule has 2 aromatic carbocycles. The Morgan fingerprint density at radius 1 is 1.00 bits per heavy atom. The van der Waals surface area contributed by atoms with E-state index in [2.05, 4.69) is 38.7 Å². The van der Waals surface area contributed by atoms with Crippen LogP contribution in [0, 0.1) is 0 Å². The number of hydrogen-bond donors (Lipinski definition) is 2. The fourth-order valence-corrected chi connectivity index (χ4v) is 5.87. The molecule has 3 atom stereocenters. The Bertz CT molecular complexity index is 1380. The quantitative estimate of drug-likeness (QED) is 0.424. The Balaban J connectivity index is 1.17. The second-order valence-electron chi connectivity index (χ2n) is 10.7. The zero-order chi connectivity index (χ0) is 27.5. The molecule has 206 valence electrons. The van der Waals surface area contributed by atoms with E-state index >= 15 is 0 Å². The van der Waals surface area contributed by atoms with Gasteiger partial charge in [-0.3, -0.25) is 29.6 Å². The SMILES string of the molecule is O=C1CCC(N2Cc3cc(O[C@H]4CN(Cc5cccnc5)CC[C@@H]4NCc4ccccc4)ccc3C2=O)C(=O)N1. The number of piperidine rings is 2. The molecule has 3 aromatic rings. The van der Waals surface area contributed by atoms with Crippen molar-refractivity contribution in [2.75, 3.05) is 13.1 Å². The van der Waals surface area contributed by atoms with Crippen molar-refractivity contribution in [1.29, 1.82) is 0 Å². The van der Waals surface area contributed by atoms with Gasteiger partial charge in [-0.2, -0.15) is 0 Å². The lowest BCUT2D eigenvalue weighted by molar-refractivity contribution is -0.136. The smallest absolute Gasteiger partial charge is 0.255 e. The Hall–Kier alpha value is -4.08. The Morgan fingerprint density at radius 3 is 2.65 bits per heavy atom. The van der Waals surface area contributed by atoms with E-state index in [4.69, 9.17) is 4.74 Å². The zero-order valence-electron chi connectivity index (χ0n) is 22.3. The number of carbonyl (C=O) groups is 3. The third-order valence-electron chi connectivity index (χ3n) is 7.97. The van der Waals surface area contributed by atoms with Crippen molar-refractivity contribution in [1.82, 2.24) is 25.4 Å². The highest BCUT2D eigenvalue weighted by Crippen LogP contribution is 2.31. The molecule has 6 rings (SSSR count). The number of pyridine rings is 1. The first-order valence-electron chi connectivity index (χ1n) is 13.9. The van der Waals surface area contributed by atoms with Crippen molar-refractivity contribution < 1.29 is 19.1 Å². The first-order chi connectivity index (χ1) is 19.5. The van der Waals surface area contributed by atoms with Crippen molar-refractivity contribution in [3.8, 4) is 5.75 Å². The van der Waals surface area contributed by atoms with E-state index < -0.39 is 11.9 Å². The van der Waals surface area contributed by atoms with E-state index in [1.165, 1.54) is 11.1 Å². The summed E-state index contributed by atoms with van der Waals surface area (Å²) in [6.45, 7) is 3.58. The molecule has 40 heavy (non-hydrogen) atoms. The van der Waals surface area contributed by atoms with Crippen molar-refractivity contribution in [2.24, 2.45) is 0 Å². The van der Waals surface area contributed by atoms with Crippen LogP contribution in [0.5, 0.6) is 5.75 Å². The van der Waals surface area contributed by atoms with Crippen LogP contribution in [0.25, 0.3) is 0 Å². The van der Waals surface area contributed by atoms with Gasteiger partial charge in [0.05, 0.1) is 0 Å². The lowest BCUT2D eigenvalue weighted by Gasteiger charge is -2.39. The van der Waals surface area contributed by atoms with Crippen LogP contribution in [-0.2, 0) is 29.2 Å². The molecule has 3 amide bonds. The second kappa shape index (κ2) is 11.6. The number of imide groups is 1. The summed E-state index contributed by atoms with van der Waals surface area (Å²) in [7, 11) is 0. The van der Waals surface area contributed by atoms with Gasteiger partial charge >= 0.3 is 0 Å². The van der Waals surface area contributed by atoms with E-state index in [0.29, 0.717) is 24.3 Å². The van der Waals surface area contributed by atoms with E-state index in [1.807, 2.05) is 42.6 Å². The van der Waals surface area contributed by atoms with Gasteiger partial charge in [-0.25, -0.2) is 0 Å². The van der Waals surface area contributed by atoms with Gasteiger partial charge in [0.25, 0.3) is 5.91 Å². The third-order valence-corrected chi connectivity index (χ3v) is 7.97. The maximum Gasteiger partial charge on any atom is 0.255 e. The lowest BCUT2D eigenvalue weighted by Crippen LogP contribution is -2.54. The number of benzene rings is 2. The van der Waals surface area contributed by atoms with Gasteiger partial charge in [-0.05, 0) is 53.8 Å². The molecule has 3 aliphatic heterocycles. The molecule has 4 heterocycles. The van der Waals surface area contributed by atoms with Gasteiger partial charge in [-0.15, -0.1) is 0 Å². The van der Waals surface area contributed by atoms with Gasteiger partial charge in [0, 0.05) is 63.1 Å². The van der Waals surface area contributed by atoms with Gasteiger partial charge in [0.2, 0.25) is 11.8 Å². The lowest BCUT2D eigenvalue weighted by atomic mass is 10.00. The Morgan fingerprint density at radius 2 is 1.85 bits per heavy atom. The van der Waals surface area contributed by atoms with Crippen LogP contribution in [0.4, 0.5) is 0 Å². The maximum absolute atomic E-state index is 13.1. The highest BCUT2D eigenvalue weighted by atomic mass is 16.5. The molecule has 0 saturated carbocycles. The van der Waals surface area contributed by atoms with Crippen LogP contribution in [-0.4, -0.2) is 63.8 Å². The zero-order valence-corrected chi connectivity index (χ0v) is 22.3. The third kappa shape index (κ3) is 5.76. The number of nitrogens with zero attached hydrogens (tertiary/aromatic N) is 3. The summed E-state index contributed by atoms with van der Waals surface area (Å²) in [6.07, 6.45) is 5.10. The minimum absolute atomic E-state index is 0.101. The fourth-order valence-electron chi connectivity index (χ4n) is 5.87. The first kappa shape index (κ1) is 26.2. The summed E-state index contributed by atoms with van der Waals surface area (Å²) in [6, 6.07) is 19.5. The molecule has 0 bridgehead atoms. The molecule has 1 unspecified atom stereocenters. The number of fused-ring (bicyclic) bond motifs is 1. The summed E-state index contributed by atoms with van der Waals surface area (Å²) in [5.41, 5.74) is 3.81. The number of rotatable bonds is 8. The molecule has 3 aliphatic rings. The van der Waals surface area contributed by atoms with Crippen LogP contribution < -0.4 is 15.4 Å². The predicted molar refractivity (Wildman–Crippen MR) is 148 cm³/mol. The van der Waals surface area contributed by atoms with Gasteiger partial charge in [0.1, 0.15) is 17.9 Å². The molecular formula is C31H33N5O4. The van der Waals surface area contributed by atoms with E-state index in [1.54, 1.807) is 17.2 Å². The summed E-state index contributed by atoms with van der Waals surface area (Å²) in [5, 5.41) is 6.07. The van der Waals surface area contributed by atoms with Crippen molar-refractivity contribution in [2.45, 2.75) is 57.1 Å². The number of aromatic nitrogens is 1. The molecule has 1 aromatic heterocycles. The van der Waals surface area contributed by atoms with Crippen LogP contribution in [0.3, 0.4) is 0 Å². The van der Waals surface area contributed by atoms with Crippen molar-refractivity contribution in [3.05, 3.63) is 95.3 Å². The summed E-state index contributed by atoms with van der Waals surface area (Å²) >= 11 is 0. The van der Waals surface area contributed by atoms with Crippen molar-refractivity contribution >= 4 is 17.7 Å². The topological polar surface area (TPSA) is 104 Å². The summed E-state index contributed by atoms with van der Waals surface area (Å²) in [5.74, 6) is -0.172. The number of hydrogen-bond acceptors (Lipinski definition) is 7. The average Bonchev–Trinajstić information content (AvgIpc) is 3.29. The van der Waals surface area contributed by atoms with Crippen LogP contribution in [0.2, 0.25) is 0 Å². The number of ether oxygens (including phenoxy) is 1. The molecular weight excluding hydrogens is 506 g/mol. The normalized spacial score (nSPS) is 23.1. The number of amides is 3. The first-order valence-corrected chi connectivity index (χ1v) is 13.9. The molecule has 2 N–H and O–H groups in total. The van der Waals surface area contributed by atoms with E-state index in [0.717, 1.165) is 38.2 Å². The highest BCUT2D eigenvalue weighted by Gasteiger charge is 2.39. The van der Waals surface area contributed by atoms with Gasteiger partial charge in [-0.1, -0.05) is 36.4 Å². The van der Waals surface area contributed by atoms with Gasteiger partial charge < -0.3 is 15.0 Å². The molecule has 2 fully saturated rings. The molecule has 0 aliphatic carbocycles. The molecule has 9 nitrogen and oxygen atoms in total. The molecule has 2 saturated heterocycles. The number of likely N-dealkylation sites (tertiary alicyclic amines) is 1. The average molecular weight is 540 g/mol. The van der Waals surface area contributed by atoms with Crippen molar-refractivity contribution in [3.63, 3.8) is 0 Å².